The lowest BCUT2D eigenvalue weighted by atomic mass is 10.1. The third kappa shape index (κ3) is 6.53. The Morgan fingerprint density at radius 2 is 1.83 bits per heavy atom. The summed E-state index contributed by atoms with van der Waals surface area (Å²) in [5, 5.41) is 3.14. The van der Waals surface area contributed by atoms with E-state index in [1.165, 1.54) is 18.9 Å². The second kappa shape index (κ2) is 11.9. The number of ether oxygens (including phenoxy) is 1. The Balaban J connectivity index is 1.52. The van der Waals surface area contributed by atoms with Crippen LogP contribution in [0.3, 0.4) is 0 Å². The maximum absolute atomic E-state index is 13.2. The van der Waals surface area contributed by atoms with Gasteiger partial charge >= 0.3 is 5.97 Å². The smallest absolute Gasteiger partial charge is 0.337 e. The standard InChI is InChI=1S/C27H24ClN3O4S/c1-35-26(34)19-10-12-21(13-11-19)29-25(33)23-17-24(32)31(15-14-18-6-3-2-4-7-18)27(36-23)30-22-9-5-8-20(28)16-22/h2-13,16,23H,14-15,17H2,1H3,(H,29,33)/t23-/m1/s1. The summed E-state index contributed by atoms with van der Waals surface area (Å²) in [5.41, 5.74) is 2.60. The summed E-state index contributed by atoms with van der Waals surface area (Å²) < 4.78 is 4.70. The molecule has 2 amide bonds. The molecule has 9 heteroatoms. The van der Waals surface area contributed by atoms with Crippen LogP contribution in [0.15, 0.2) is 83.9 Å². The van der Waals surface area contributed by atoms with Crippen molar-refractivity contribution in [1.82, 2.24) is 4.90 Å². The maximum Gasteiger partial charge on any atom is 0.337 e. The molecule has 0 spiro atoms. The molecule has 1 aliphatic heterocycles. The van der Waals surface area contributed by atoms with E-state index in [1.807, 2.05) is 30.3 Å². The van der Waals surface area contributed by atoms with E-state index in [4.69, 9.17) is 16.3 Å². The zero-order valence-corrected chi connectivity index (χ0v) is 21.1. The summed E-state index contributed by atoms with van der Waals surface area (Å²) in [4.78, 5) is 44.2. The van der Waals surface area contributed by atoms with Crippen LogP contribution in [0.5, 0.6) is 0 Å². The lowest BCUT2D eigenvalue weighted by Gasteiger charge is -2.32. The minimum atomic E-state index is -0.663. The number of aliphatic imine (C=N–C) groups is 1. The number of amides is 2. The van der Waals surface area contributed by atoms with Crippen LogP contribution in [0, 0.1) is 0 Å². The van der Waals surface area contributed by atoms with Crippen molar-refractivity contribution in [2.24, 2.45) is 4.99 Å². The molecule has 0 bridgehead atoms. The van der Waals surface area contributed by atoms with Crippen LogP contribution in [0.4, 0.5) is 11.4 Å². The average molecular weight is 522 g/mol. The molecule has 1 atom stereocenters. The number of rotatable bonds is 7. The van der Waals surface area contributed by atoms with Gasteiger partial charge in [-0.15, -0.1) is 0 Å². The molecule has 7 nitrogen and oxygen atoms in total. The van der Waals surface area contributed by atoms with Crippen LogP contribution in [-0.4, -0.2) is 46.8 Å². The lowest BCUT2D eigenvalue weighted by molar-refractivity contribution is -0.129. The summed E-state index contributed by atoms with van der Waals surface area (Å²) in [6.07, 6.45) is 0.700. The fraction of sp³-hybridized carbons (Fsp3) is 0.185. The van der Waals surface area contributed by atoms with Gasteiger partial charge in [0.05, 0.1) is 18.4 Å². The molecule has 1 heterocycles. The number of thioether (sulfide) groups is 1. The molecular weight excluding hydrogens is 498 g/mol. The van der Waals surface area contributed by atoms with E-state index >= 15 is 0 Å². The van der Waals surface area contributed by atoms with Crippen LogP contribution >= 0.6 is 23.4 Å². The van der Waals surface area contributed by atoms with Crippen molar-refractivity contribution in [1.29, 1.82) is 0 Å². The Hall–Kier alpha value is -3.62. The van der Waals surface area contributed by atoms with Gasteiger partial charge in [0.1, 0.15) is 5.25 Å². The molecule has 3 aromatic carbocycles. The van der Waals surface area contributed by atoms with Gasteiger partial charge < -0.3 is 10.1 Å². The number of carbonyl (C=O) groups is 3. The Bertz CT molecular complexity index is 1280. The molecule has 3 aromatic rings. The third-order valence-electron chi connectivity index (χ3n) is 5.51. The molecule has 1 N–H and O–H groups in total. The molecule has 0 unspecified atom stereocenters. The fourth-order valence-corrected chi connectivity index (χ4v) is 4.94. The first-order valence-electron chi connectivity index (χ1n) is 11.3. The number of hydrogen-bond donors (Lipinski definition) is 1. The number of anilines is 1. The van der Waals surface area contributed by atoms with Crippen molar-refractivity contribution in [3.8, 4) is 0 Å². The minimum Gasteiger partial charge on any atom is -0.465 e. The zero-order valence-electron chi connectivity index (χ0n) is 19.5. The van der Waals surface area contributed by atoms with Crippen LogP contribution in [0.1, 0.15) is 22.3 Å². The highest BCUT2D eigenvalue weighted by Crippen LogP contribution is 2.31. The average Bonchev–Trinajstić information content (AvgIpc) is 2.88. The first-order chi connectivity index (χ1) is 17.4. The topological polar surface area (TPSA) is 88.1 Å². The van der Waals surface area contributed by atoms with E-state index in [0.717, 1.165) is 5.56 Å². The van der Waals surface area contributed by atoms with Crippen molar-refractivity contribution in [2.45, 2.75) is 18.1 Å². The molecule has 4 rings (SSSR count). The largest absolute Gasteiger partial charge is 0.465 e. The number of esters is 1. The molecule has 0 aromatic heterocycles. The Labute approximate surface area is 218 Å². The minimum absolute atomic E-state index is 0.0418. The Morgan fingerprint density at radius 3 is 2.53 bits per heavy atom. The summed E-state index contributed by atoms with van der Waals surface area (Å²) in [6.45, 7) is 0.443. The number of halogens is 1. The maximum atomic E-state index is 13.2. The summed E-state index contributed by atoms with van der Waals surface area (Å²) in [6, 6.07) is 23.3. The van der Waals surface area contributed by atoms with Gasteiger partial charge in [-0.2, -0.15) is 0 Å². The molecule has 36 heavy (non-hydrogen) atoms. The second-order valence-corrected chi connectivity index (χ2v) is 9.63. The van der Waals surface area contributed by atoms with Gasteiger partial charge in [-0.25, -0.2) is 9.79 Å². The molecule has 184 valence electrons. The summed E-state index contributed by atoms with van der Waals surface area (Å²) in [7, 11) is 1.31. The third-order valence-corrected chi connectivity index (χ3v) is 6.93. The van der Waals surface area contributed by atoms with E-state index in [2.05, 4.69) is 10.3 Å². The number of nitrogens with one attached hydrogen (secondary N) is 1. The number of amidine groups is 1. The highest BCUT2D eigenvalue weighted by molar-refractivity contribution is 8.15. The Morgan fingerprint density at radius 1 is 1.08 bits per heavy atom. The molecule has 0 radical (unpaired) electrons. The quantitative estimate of drug-likeness (QED) is 0.424. The number of nitrogens with zero attached hydrogens (tertiary/aromatic N) is 2. The fourth-order valence-electron chi connectivity index (χ4n) is 3.63. The molecule has 1 saturated heterocycles. The number of benzene rings is 3. The predicted molar refractivity (Wildman–Crippen MR) is 143 cm³/mol. The summed E-state index contributed by atoms with van der Waals surface area (Å²) in [5.74, 6) is -0.953. The van der Waals surface area contributed by atoms with Crippen molar-refractivity contribution >= 4 is 57.7 Å². The highest BCUT2D eigenvalue weighted by atomic mass is 35.5. The second-order valence-electron chi connectivity index (χ2n) is 8.02. The first kappa shape index (κ1) is 25.5. The SMILES string of the molecule is COC(=O)c1ccc(NC(=O)[C@H]2CC(=O)N(CCc3ccccc3)C(=Nc3cccc(Cl)c3)S2)cc1. The lowest BCUT2D eigenvalue weighted by Crippen LogP contribution is -2.46. The van der Waals surface area contributed by atoms with E-state index in [1.54, 1.807) is 53.4 Å². The van der Waals surface area contributed by atoms with Crippen molar-refractivity contribution in [3.63, 3.8) is 0 Å². The molecular formula is C27H24ClN3O4S. The number of methoxy groups -OCH3 is 1. The van der Waals surface area contributed by atoms with E-state index in [9.17, 15) is 14.4 Å². The van der Waals surface area contributed by atoms with Crippen LogP contribution < -0.4 is 5.32 Å². The zero-order chi connectivity index (χ0) is 25.5. The van der Waals surface area contributed by atoms with Gasteiger partial charge in [0.2, 0.25) is 11.8 Å². The van der Waals surface area contributed by atoms with Gasteiger partial charge in [0, 0.05) is 23.7 Å². The van der Waals surface area contributed by atoms with Gasteiger partial charge in [-0.05, 0) is 54.4 Å². The van der Waals surface area contributed by atoms with Crippen molar-refractivity contribution in [3.05, 3.63) is 95.0 Å². The van der Waals surface area contributed by atoms with Crippen LogP contribution in [0.25, 0.3) is 0 Å². The highest BCUT2D eigenvalue weighted by Gasteiger charge is 2.35. The van der Waals surface area contributed by atoms with Crippen molar-refractivity contribution < 1.29 is 19.1 Å². The first-order valence-corrected chi connectivity index (χ1v) is 12.5. The van der Waals surface area contributed by atoms with Crippen molar-refractivity contribution in [2.75, 3.05) is 19.0 Å². The van der Waals surface area contributed by atoms with Gasteiger partial charge in [0.25, 0.3) is 0 Å². The monoisotopic (exact) mass is 521 g/mol. The van der Waals surface area contributed by atoms with Crippen LogP contribution in [0.2, 0.25) is 5.02 Å². The van der Waals surface area contributed by atoms with E-state index in [0.29, 0.717) is 40.1 Å². The normalized spacial score (nSPS) is 16.6. The number of hydrogen-bond acceptors (Lipinski definition) is 6. The van der Waals surface area contributed by atoms with Crippen LogP contribution in [-0.2, 0) is 20.7 Å². The summed E-state index contributed by atoms with van der Waals surface area (Å²) >= 11 is 7.37. The number of carbonyl (C=O) groups excluding carboxylic acids is 3. The van der Waals surface area contributed by atoms with Gasteiger partial charge in [-0.1, -0.05) is 59.8 Å². The van der Waals surface area contributed by atoms with E-state index < -0.39 is 11.2 Å². The van der Waals surface area contributed by atoms with E-state index in [-0.39, 0.29) is 18.2 Å². The molecule has 1 aliphatic rings. The molecule has 0 aliphatic carbocycles. The van der Waals surface area contributed by atoms with Gasteiger partial charge in [0.15, 0.2) is 5.17 Å². The Kier molecular flexibility index (Phi) is 8.40. The molecule has 0 saturated carbocycles. The predicted octanol–water partition coefficient (Wildman–Crippen LogP) is 5.33. The molecule has 1 fully saturated rings. The van der Waals surface area contributed by atoms with Gasteiger partial charge in [-0.3, -0.25) is 14.5 Å².